The SMILES string of the molecule is On1ncc(C2CCNCC2)c1-c1cccc(-c2cccc(F)c2)c1. The minimum atomic E-state index is -0.259. The van der Waals surface area contributed by atoms with Gasteiger partial charge in [0, 0.05) is 11.1 Å². The van der Waals surface area contributed by atoms with Gasteiger partial charge in [-0.15, -0.1) is 9.94 Å². The molecule has 2 N–H and O–H groups in total. The minimum Gasteiger partial charge on any atom is -0.411 e. The number of hydrogen-bond donors (Lipinski definition) is 2. The van der Waals surface area contributed by atoms with Crippen molar-refractivity contribution in [3.63, 3.8) is 0 Å². The Morgan fingerprint density at radius 2 is 1.68 bits per heavy atom. The van der Waals surface area contributed by atoms with E-state index in [1.807, 2.05) is 30.3 Å². The molecular formula is C20H20FN3O. The third-order valence-electron chi connectivity index (χ3n) is 4.85. The van der Waals surface area contributed by atoms with Crippen LogP contribution in [0.5, 0.6) is 0 Å². The molecule has 4 rings (SSSR count). The van der Waals surface area contributed by atoms with Gasteiger partial charge >= 0.3 is 0 Å². The second-order valence-electron chi connectivity index (χ2n) is 6.45. The average molecular weight is 337 g/mol. The number of aromatic nitrogens is 2. The highest BCUT2D eigenvalue weighted by Crippen LogP contribution is 2.35. The molecule has 0 saturated carbocycles. The molecule has 1 aliphatic heterocycles. The fourth-order valence-electron chi connectivity index (χ4n) is 3.58. The van der Waals surface area contributed by atoms with Crippen molar-refractivity contribution in [1.82, 2.24) is 15.3 Å². The average Bonchev–Trinajstić information content (AvgIpc) is 3.04. The summed E-state index contributed by atoms with van der Waals surface area (Å²) < 4.78 is 13.5. The number of hydrogen-bond acceptors (Lipinski definition) is 3. The summed E-state index contributed by atoms with van der Waals surface area (Å²) in [4.78, 5) is 0.960. The molecule has 5 heteroatoms. The molecule has 0 spiro atoms. The van der Waals surface area contributed by atoms with Crippen molar-refractivity contribution in [3.05, 3.63) is 66.1 Å². The summed E-state index contributed by atoms with van der Waals surface area (Å²) >= 11 is 0. The molecule has 0 unspecified atom stereocenters. The molecule has 0 aliphatic carbocycles. The van der Waals surface area contributed by atoms with Crippen LogP contribution in [0.3, 0.4) is 0 Å². The summed E-state index contributed by atoms with van der Waals surface area (Å²) in [7, 11) is 0. The molecule has 0 atom stereocenters. The number of benzene rings is 2. The number of piperidine rings is 1. The predicted molar refractivity (Wildman–Crippen MR) is 95.1 cm³/mol. The molecule has 1 fully saturated rings. The summed E-state index contributed by atoms with van der Waals surface area (Å²) in [6.45, 7) is 1.95. The van der Waals surface area contributed by atoms with Gasteiger partial charge in [0.15, 0.2) is 0 Å². The van der Waals surface area contributed by atoms with Crippen LogP contribution in [0.2, 0.25) is 0 Å². The van der Waals surface area contributed by atoms with Gasteiger partial charge < -0.3 is 10.5 Å². The largest absolute Gasteiger partial charge is 0.411 e. The van der Waals surface area contributed by atoms with Crippen LogP contribution >= 0.6 is 0 Å². The highest BCUT2D eigenvalue weighted by atomic mass is 19.1. The zero-order valence-electron chi connectivity index (χ0n) is 13.8. The van der Waals surface area contributed by atoms with Crippen molar-refractivity contribution in [2.24, 2.45) is 0 Å². The van der Waals surface area contributed by atoms with E-state index >= 15 is 0 Å². The number of halogens is 1. The zero-order valence-corrected chi connectivity index (χ0v) is 13.8. The molecule has 2 aromatic carbocycles. The van der Waals surface area contributed by atoms with Gasteiger partial charge in [-0.05, 0) is 61.2 Å². The van der Waals surface area contributed by atoms with E-state index in [0.717, 1.165) is 58.7 Å². The zero-order chi connectivity index (χ0) is 17.2. The molecule has 1 aromatic heterocycles. The summed E-state index contributed by atoms with van der Waals surface area (Å²) in [5, 5.41) is 17.7. The van der Waals surface area contributed by atoms with E-state index in [2.05, 4.69) is 10.4 Å². The van der Waals surface area contributed by atoms with Crippen molar-refractivity contribution in [2.75, 3.05) is 13.1 Å². The molecule has 4 nitrogen and oxygen atoms in total. The highest BCUT2D eigenvalue weighted by molar-refractivity contribution is 5.73. The van der Waals surface area contributed by atoms with E-state index < -0.39 is 0 Å². The van der Waals surface area contributed by atoms with Gasteiger partial charge in [0.25, 0.3) is 0 Å². The Hall–Kier alpha value is -2.66. The molecule has 1 saturated heterocycles. The lowest BCUT2D eigenvalue weighted by molar-refractivity contribution is 0.153. The Balaban J connectivity index is 1.75. The van der Waals surface area contributed by atoms with Crippen molar-refractivity contribution in [3.8, 4) is 22.4 Å². The van der Waals surface area contributed by atoms with Gasteiger partial charge in [-0.2, -0.15) is 0 Å². The van der Waals surface area contributed by atoms with Crippen LogP contribution in [0, 0.1) is 5.82 Å². The molecule has 3 aromatic rings. The van der Waals surface area contributed by atoms with Gasteiger partial charge in [-0.1, -0.05) is 30.3 Å². The minimum absolute atomic E-state index is 0.259. The Morgan fingerprint density at radius 3 is 2.44 bits per heavy atom. The quantitative estimate of drug-likeness (QED) is 0.709. The standard InChI is InChI=1S/C20H20FN3O/c21-18-6-2-4-16(12-18)15-3-1-5-17(11-15)20-19(13-23-24(20)25)14-7-9-22-10-8-14/h1-6,11-14,22,25H,7-10H2. The smallest absolute Gasteiger partial charge is 0.123 e. The van der Waals surface area contributed by atoms with Crippen molar-refractivity contribution in [1.29, 1.82) is 0 Å². The lowest BCUT2D eigenvalue weighted by Gasteiger charge is -2.22. The van der Waals surface area contributed by atoms with Gasteiger partial charge in [-0.3, -0.25) is 0 Å². The van der Waals surface area contributed by atoms with Crippen LogP contribution in [0.4, 0.5) is 4.39 Å². The lowest BCUT2D eigenvalue weighted by atomic mass is 9.88. The van der Waals surface area contributed by atoms with Gasteiger partial charge in [-0.25, -0.2) is 4.39 Å². The third kappa shape index (κ3) is 3.15. The van der Waals surface area contributed by atoms with Crippen molar-refractivity contribution >= 4 is 0 Å². The number of nitrogens with one attached hydrogen (secondary N) is 1. The van der Waals surface area contributed by atoms with Gasteiger partial charge in [0.2, 0.25) is 0 Å². The monoisotopic (exact) mass is 337 g/mol. The van der Waals surface area contributed by atoms with Crippen LogP contribution in [0.15, 0.2) is 54.7 Å². The molecule has 25 heavy (non-hydrogen) atoms. The predicted octanol–water partition coefficient (Wildman–Crippen LogP) is 4.06. The van der Waals surface area contributed by atoms with Crippen LogP contribution < -0.4 is 5.32 Å². The molecule has 0 amide bonds. The number of rotatable bonds is 3. The summed E-state index contributed by atoms with van der Waals surface area (Å²) in [5.41, 5.74) is 4.41. The van der Waals surface area contributed by atoms with E-state index in [1.54, 1.807) is 12.3 Å². The van der Waals surface area contributed by atoms with Crippen LogP contribution in [-0.4, -0.2) is 28.2 Å². The fraction of sp³-hybridized carbons (Fsp3) is 0.250. The van der Waals surface area contributed by atoms with E-state index in [0.29, 0.717) is 5.92 Å². The van der Waals surface area contributed by atoms with Crippen molar-refractivity contribution < 1.29 is 9.60 Å². The molecule has 0 radical (unpaired) electrons. The first-order valence-electron chi connectivity index (χ1n) is 8.56. The highest BCUT2D eigenvalue weighted by Gasteiger charge is 2.23. The normalized spacial score (nSPS) is 15.4. The Bertz CT molecular complexity index is 884. The van der Waals surface area contributed by atoms with E-state index in [1.165, 1.54) is 12.1 Å². The molecule has 128 valence electrons. The summed E-state index contributed by atoms with van der Waals surface area (Å²) in [6, 6.07) is 14.3. The fourth-order valence-corrected chi connectivity index (χ4v) is 3.58. The second kappa shape index (κ2) is 6.69. The van der Waals surface area contributed by atoms with Crippen LogP contribution in [-0.2, 0) is 0 Å². The number of nitrogens with zero attached hydrogens (tertiary/aromatic N) is 2. The van der Waals surface area contributed by atoms with Crippen molar-refractivity contribution in [2.45, 2.75) is 18.8 Å². The van der Waals surface area contributed by atoms with Gasteiger partial charge in [0.05, 0.1) is 6.20 Å². The topological polar surface area (TPSA) is 50.1 Å². The first-order valence-corrected chi connectivity index (χ1v) is 8.56. The first kappa shape index (κ1) is 15.8. The maximum atomic E-state index is 13.5. The Kier molecular flexibility index (Phi) is 4.24. The molecular weight excluding hydrogens is 317 g/mol. The lowest BCUT2D eigenvalue weighted by Crippen LogP contribution is -2.26. The second-order valence-corrected chi connectivity index (χ2v) is 6.45. The Labute approximate surface area is 145 Å². The van der Waals surface area contributed by atoms with E-state index in [4.69, 9.17) is 0 Å². The summed E-state index contributed by atoms with van der Waals surface area (Å²) in [6.07, 6.45) is 3.82. The maximum absolute atomic E-state index is 13.5. The molecule has 2 heterocycles. The van der Waals surface area contributed by atoms with E-state index in [9.17, 15) is 9.60 Å². The molecule has 1 aliphatic rings. The third-order valence-corrected chi connectivity index (χ3v) is 4.85. The van der Waals surface area contributed by atoms with E-state index in [-0.39, 0.29) is 5.82 Å². The first-order chi connectivity index (χ1) is 12.2. The summed E-state index contributed by atoms with van der Waals surface area (Å²) in [5.74, 6) is 0.125. The Morgan fingerprint density at radius 1 is 1.00 bits per heavy atom. The van der Waals surface area contributed by atoms with Crippen LogP contribution in [0.25, 0.3) is 22.4 Å². The van der Waals surface area contributed by atoms with Gasteiger partial charge in [0.1, 0.15) is 11.5 Å². The maximum Gasteiger partial charge on any atom is 0.123 e. The molecule has 0 bridgehead atoms. The van der Waals surface area contributed by atoms with Crippen LogP contribution in [0.1, 0.15) is 24.3 Å².